The maximum atomic E-state index is 11.3. The summed E-state index contributed by atoms with van der Waals surface area (Å²) in [5.41, 5.74) is 18.1. The Bertz CT molecular complexity index is 4220. The third-order valence-corrected chi connectivity index (χ3v) is 28.0. The van der Waals surface area contributed by atoms with E-state index in [4.69, 9.17) is 0 Å². The van der Waals surface area contributed by atoms with Crippen LogP contribution in [0, 0.1) is 95.7 Å². The summed E-state index contributed by atoms with van der Waals surface area (Å²) in [4.78, 5) is 56.2. The zero-order chi connectivity index (χ0) is 105. The van der Waals surface area contributed by atoms with Gasteiger partial charge in [-0.15, -0.1) is 0 Å². The second kappa shape index (κ2) is 58.3. The number of carbonyl (C=O) groups is 5. The summed E-state index contributed by atoms with van der Waals surface area (Å²) < 4.78 is 0. The minimum absolute atomic E-state index is 0.0157. The van der Waals surface area contributed by atoms with E-state index >= 15 is 0 Å². The van der Waals surface area contributed by atoms with Crippen LogP contribution in [0.3, 0.4) is 0 Å². The van der Waals surface area contributed by atoms with Crippen LogP contribution >= 0.6 is 0 Å². The Labute approximate surface area is 827 Å². The van der Waals surface area contributed by atoms with Gasteiger partial charge in [-0.05, 0) is 415 Å². The fraction of sp³-hybridized carbons (Fsp3) is 0.706. The van der Waals surface area contributed by atoms with Crippen molar-refractivity contribution < 1.29 is 85.3 Å². The molecule has 0 unspecified atom stereocenters. The molecule has 17 heteroatoms. The van der Waals surface area contributed by atoms with Gasteiger partial charge in [-0.25, -0.2) is 0 Å². The third kappa shape index (κ3) is 49.7. The Kier molecular flexibility index (Phi) is 54.1. The SMILES string of the molecule is CC(C)(C)CCCCCCc1cccc(O)c1CCCCCC(C)(C)C(=O)O.CC(C)(C)CCCCc1c(O)cc(O)c(O)c1CCCCC(C)(C)C(=O)O.CC(C)(C)CCCCc1cc(O)c(O)c(O)c1CCCCC(C)(C)C(=O)O.Cc1cc(C)c(CCCCC(C)(C)C)c(CCCCC(C)(C)C(=O)O)c1C.Cc1cc(CCCCC(C)(C)C)c(CCCCC(C)(C)C(=O)O)c(C)c1C. The first-order valence-corrected chi connectivity index (χ1v) is 52.1. The van der Waals surface area contributed by atoms with Crippen LogP contribution in [0.1, 0.15) is 474 Å². The van der Waals surface area contributed by atoms with Gasteiger partial charge in [-0.3, -0.25) is 24.0 Å². The summed E-state index contributed by atoms with van der Waals surface area (Å²) in [5.74, 6) is -4.82. The van der Waals surface area contributed by atoms with Crippen molar-refractivity contribution >= 4 is 29.8 Å². The van der Waals surface area contributed by atoms with E-state index in [1.54, 1.807) is 59.2 Å². The molecule has 5 rings (SSSR count). The van der Waals surface area contributed by atoms with E-state index in [1.807, 2.05) is 33.8 Å². The van der Waals surface area contributed by atoms with Crippen LogP contribution < -0.4 is 0 Å². The molecule has 0 aliphatic heterocycles. The average Bonchev–Trinajstić information content (AvgIpc) is 0.826. The van der Waals surface area contributed by atoms with Crippen molar-refractivity contribution in [2.24, 2.45) is 54.1 Å². The molecule has 0 radical (unpaired) electrons. The highest BCUT2D eigenvalue weighted by atomic mass is 16.4. The predicted octanol–water partition coefficient (Wildman–Crippen LogP) is 32.3. The minimum Gasteiger partial charge on any atom is -0.508 e. The maximum Gasteiger partial charge on any atom is 0.309 e. The molecule has 12 N–H and O–H groups in total. The second-order valence-corrected chi connectivity index (χ2v) is 49.4. The Balaban J connectivity index is 0.000000850. The lowest BCUT2D eigenvalue weighted by atomic mass is 9.84. The molecule has 0 bridgehead atoms. The fourth-order valence-corrected chi connectivity index (χ4v) is 17.6. The van der Waals surface area contributed by atoms with E-state index in [9.17, 15) is 85.3 Å². The lowest BCUT2D eigenvalue weighted by Crippen LogP contribution is -2.23. The monoisotopic (exact) mass is 1900 g/mol. The van der Waals surface area contributed by atoms with E-state index in [0.717, 1.165) is 146 Å². The number of carboxylic acids is 5. The molecule has 5 aromatic rings. The number of benzene rings is 5. The number of carboxylic acid groups (broad SMARTS) is 5. The molecule has 0 atom stereocenters. The van der Waals surface area contributed by atoms with Crippen molar-refractivity contribution in [2.45, 2.75) is 491 Å². The van der Waals surface area contributed by atoms with Crippen molar-refractivity contribution in [1.29, 1.82) is 0 Å². The number of aliphatic carboxylic acids is 5. The number of phenols is 7. The van der Waals surface area contributed by atoms with Gasteiger partial charge in [-0.1, -0.05) is 212 Å². The van der Waals surface area contributed by atoms with Crippen LogP contribution in [0.5, 0.6) is 40.2 Å². The summed E-state index contributed by atoms with van der Waals surface area (Å²) in [6, 6.07) is 13.4. The lowest BCUT2D eigenvalue weighted by molar-refractivity contribution is -0.148. The molecule has 0 aromatic heterocycles. The molecular formula is C119H198O17. The van der Waals surface area contributed by atoms with Gasteiger partial charge >= 0.3 is 29.8 Å². The van der Waals surface area contributed by atoms with E-state index in [2.05, 4.69) is 164 Å². The van der Waals surface area contributed by atoms with Gasteiger partial charge in [0.1, 0.15) is 11.5 Å². The zero-order valence-electron chi connectivity index (χ0n) is 91.9. The number of rotatable bonds is 53. The van der Waals surface area contributed by atoms with Gasteiger partial charge in [0.2, 0.25) is 5.75 Å². The largest absolute Gasteiger partial charge is 0.508 e. The normalized spacial score (nSPS) is 12.4. The molecule has 776 valence electrons. The van der Waals surface area contributed by atoms with Crippen LogP contribution in [0.2, 0.25) is 0 Å². The molecule has 0 amide bonds. The lowest BCUT2D eigenvalue weighted by Gasteiger charge is -2.21. The number of hydrogen-bond acceptors (Lipinski definition) is 12. The Morgan fingerprint density at radius 1 is 0.206 bits per heavy atom. The molecular weight excluding hydrogens is 1700 g/mol. The van der Waals surface area contributed by atoms with Crippen LogP contribution in [0.25, 0.3) is 0 Å². The molecule has 0 aliphatic carbocycles. The maximum absolute atomic E-state index is 11.3. The molecule has 0 fully saturated rings. The van der Waals surface area contributed by atoms with Gasteiger partial charge in [0, 0.05) is 22.8 Å². The topological polar surface area (TPSA) is 328 Å². The summed E-state index contributed by atoms with van der Waals surface area (Å²) >= 11 is 0. The molecule has 136 heavy (non-hydrogen) atoms. The first kappa shape index (κ1) is 126. The highest BCUT2D eigenvalue weighted by Gasteiger charge is 2.32. The van der Waals surface area contributed by atoms with Crippen LogP contribution in [0.15, 0.2) is 42.5 Å². The molecule has 0 aliphatic rings. The van der Waals surface area contributed by atoms with Gasteiger partial charge in [-0.2, -0.15) is 0 Å². The Hall–Kier alpha value is -7.95. The molecule has 17 nitrogen and oxygen atoms in total. The number of aryl methyl sites for hydroxylation is 6. The number of hydrogen-bond donors (Lipinski definition) is 12. The van der Waals surface area contributed by atoms with Crippen molar-refractivity contribution in [1.82, 2.24) is 0 Å². The molecule has 0 saturated carbocycles. The van der Waals surface area contributed by atoms with Crippen molar-refractivity contribution in [3.63, 3.8) is 0 Å². The highest BCUT2D eigenvalue weighted by Crippen LogP contribution is 2.44. The van der Waals surface area contributed by atoms with E-state index in [0.29, 0.717) is 103 Å². The second-order valence-electron chi connectivity index (χ2n) is 49.4. The Morgan fingerprint density at radius 2 is 0.478 bits per heavy atom. The highest BCUT2D eigenvalue weighted by molar-refractivity contribution is 5.75. The summed E-state index contributed by atoms with van der Waals surface area (Å²) in [7, 11) is 0. The molecule has 0 heterocycles. The van der Waals surface area contributed by atoms with E-state index < -0.39 is 62.7 Å². The van der Waals surface area contributed by atoms with Gasteiger partial charge in [0.15, 0.2) is 23.0 Å². The average molecular weight is 1900 g/mol. The molecule has 0 saturated heterocycles. The van der Waals surface area contributed by atoms with E-state index in [1.165, 1.54) is 139 Å². The zero-order valence-corrected chi connectivity index (χ0v) is 91.9. The quantitative estimate of drug-likeness (QED) is 0.00978. The summed E-state index contributed by atoms with van der Waals surface area (Å²) in [6.45, 7) is 65.2. The first-order valence-electron chi connectivity index (χ1n) is 52.1. The minimum atomic E-state index is -0.820. The van der Waals surface area contributed by atoms with Crippen molar-refractivity contribution in [3.05, 3.63) is 131 Å². The summed E-state index contributed by atoms with van der Waals surface area (Å²) in [6.07, 6.45) is 41.8. The molecule has 5 aromatic carbocycles. The summed E-state index contributed by atoms with van der Waals surface area (Å²) in [5, 5.41) is 117. The smallest absolute Gasteiger partial charge is 0.309 e. The number of phenolic OH excluding ortho intramolecular Hbond substituents is 7. The van der Waals surface area contributed by atoms with E-state index in [-0.39, 0.29) is 39.6 Å². The van der Waals surface area contributed by atoms with Crippen molar-refractivity contribution in [3.8, 4) is 40.2 Å². The third-order valence-electron chi connectivity index (χ3n) is 28.0. The van der Waals surface area contributed by atoms with Crippen LogP contribution in [-0.4, -0.2) is 91.1 Å². The Morgan fingerprint density at radius 3 is 0.868 bits per heavy atom. The number of aromatic hydroxyl groups is 7. The first-order chi connectivity index (χ1) is 62.4. The number of unbranched alkanes of at least 4 members (excludes halogenated alkanes) is 13. The van der Waals surface area contributed by atoms with Gasteiger partial charge in [0.05, 0.1) is 27.1 Å². The standard InChI is InChI=1S/C25H42O3.2C25H42O2.2C22H36O5/c1-24(2,3)18-11-7-6-9-14-20-15-13-17-22(26)21(20)16-10-8-12-19-25(4,5)23(27)28;1-18-17-21(13-9-11-15-24(4,5)6)22(20(3)19(18)2)14-10-12-16-25(7,8)23(26)27;1-18-17-19(2)21(13-9-11-15-24(4,5)6)22(20(18)3)14-10-12-16-25(7,8)23(26)27;1-21(2,3)12-8-6-10-15-16(19(25)18(24)14-17(15)23)11-7-9-13-22(4,5)20(26)27;1-21(2,3)12-8-6-10-15-14-17(23)19(25)18(24)16(15)11-7-9-13-22(4,5)20(26)27/h13,15,17,26H,6-12,14,16,18-19H2,1-5H3,(H,27,28);2*17H,9-16H2,1-8H3,(H,26,27);2*14,23-25H,6-13H2,1-5H3,(H,26,27). The van der Waals surface area contributed by atoms with Crippen molar-refractivity contribution in [2.75, 3.05) is 0 Å². The van der Waals surface area contributed by atoms with Crippen LogP contribution in [0.4, 0.5) is 0 Å². The van der Waals surface area contributed by atoms with Crippen LogP contribution in [-0.2, 0) is 88.2 Å². The van der Waals surface area contributed by atoms with Gasteiger partial charge < -0.3 is 61.3 Å². The van der Waals surface area contributed by atoms with Gasteiger partial charge in [0.25, 0.3) is 0 Å². The fourth-order valence-electron chi connectivity index (χ4n) is 17.6. The predicted molar refractivity (Wildman–Crippen MR) is 566 cm³/mol. The molecule has 0 spiro atoms.